The molecule has 4 heteroatoms. The fraction of sp³-hybridized carbons (Fsp3) is 0.571. The van der Waals surface area contributed by atoms with Gasteiger partial charge in [0.25, 0.3) is 0 Å². The highest BCUT2D eigenvalue weighted by Crippen LogP contribution is 2.12. The molecule has 62 valence electrons. The van der Waals surface area contributed by atoms with E-state index >= 15 is 0 Å². The van der Waals surface area contributed by atoms with Crippen LogP contribution in [-0.4, -0.2) is 29.3 Å². The van der Waals surface area contributed by atoms with Crippen LogP contribution in [0.5, 0.6) is 0 Å². The molecule has 3 N–H and O–H groups in total. The smallest absolute Gasteiger partial charge is 0.323 e. The van der Waals surface area contributed by atoms with Crippen LogP contribution in [-0.2, 0) is 9.53 Å². The Bertz CT molecular complexity index is 190. The number of carboxylic acid groups (broad SMARTS) is 1. The van der Waals surface area contributed by atoms with Gasteiger partial charge in [0, 0.05) is 0 Å². The Morgan fingerprint density at radius 2 is 2.36 bits per heavy atom. The lowest BCUT2D eigenvalue weighted by atomic mass is 10.2. The topological polar surface area (TPSA) is 72.6 Å². The second-order valence-corrected chi connectivity index (χ2v) is 2.55. The Morgan fingerprint density at radius 1 is 1.73 bits per heavy atom. The molecule has 1 rings (SSSR count). The summed E-state index contributed by atoms with van der Waals surface area (Å²) in [5, 5.41) is 8.49. The fourth-order valence-corrected chi connectivity index (χ4v) is 0.949. The number of carboxylic acids is 1. The van der Waals surface area contributed by atoms with Crippen molar-refractivity contribution in [3.8, 4) is 0 Å². The van der Waals surface area contributed by atoms with Crippen LogP contribution >= 0.6 is 0 Å². The molecule has 4 nitrogen and oxygen atoms in total. The van der Waals surface area contributed by atoms with Crippen LogP contribution in [0.4, 0.5) is 0 Å². The predicted octanol–water partition coefficient (Wildman–Crippen LogP) is -0.258. The van der Waals surface area contributed by atoms with Gasteiger partial charge in [-0.2, -0.15) is 0 Å². The van der Waals surface area contributed by atoms with Crippen molar-refractivity contribution in [3.05, 3.63) is 12.2 Å². The number of rotatable bonds is 2. The maximum atomic E-state index is 10.4. The highest BCUT2D eigenvalue weighted by Gasteiger charge is 2.27. The lowest BCUT2D eigenvalue weighted by Gasteiger charge is -2.14. The predicted molar refractivity (Wildman–Crippen MR) is 39.1 cm³/mol. The number of nitrogens with two attached hydrogens (primary N) is 1. The zero-order chi connectivity index (χ0) is 8.43. The average Bonchev–Trinajstić information content (AvgIpc) is 2.34. The van der Waals surface area contributed by atoms with Gasteiger partial charge in [-0.3, -0.25) is 4.79 Å². The Balaban J connectivity index is 2.51. The van der Waals surface area contributed by atoms with Crippen molar-refractivity contribution in [2.45, 2.75) is 25.2 Å². The van der Waals surface area contributed by atoms with Gasteiger partial charge in [-0.15, -0.1) is 0 Å². The Hall–Kier alpha value is -0.870. The zero-order valence-corrected chi connectivity index (χ0v) is 6.23. The summed E-state index contributed by atoms with van der Waals surface area (Å²) in [6, 6.07) is -0.948. The van der Waals surface area contributed by atoms with Crippen LogP contribution in [0.1, 0.15) is 6.92 Å². The minimum atomic E-state index is -1.03. The molecule has 0 saturated carbocycles. The summed E-state index contributed by atoms with van der Waals surface area (Å²) in [6.45, 7) is 1.84. The second kappa shape index (κ2) is 3.02. The number of hydrogen-bond donors (Lipinski definition) is 2. The summed E-state index contributed by atoms with van der Waals surface area (Å²) in [7, 11) is 0. The third-order valence-electron chi connectivity index (χ3n) is 1.58. The molecule has 0 aliphatic carbocycles. The van der Waals surface area contributed by atoms with E-state index in [1.807, 2.05) is 6.92 Å². The van der Waals surface area contributed by atoms with E-state index in [9.17, 15) is 4.79 Å². The maximum absolute atomic E-state index is 10.4. The molecule has 0 radical (unpaired) electrons. The molecule has 0 saturated heterocycles. The molecule has 0 fully saturated rings. The van der Waals surface area contributed by atoms with Gasteiger partial charge in [-0.1, -0.05) is 12.2 Å². The lowest BCUT2D eigenvalue weighted by molar-refractivity contribution is -0.141. The molecule has 11 heavy (non-hydrogen) atoms. The summed E-state index contributed by atoms with van der Waals surface area (Å²) >= 11 is 0. The van der Waals surface area contributed by atoms with Crippen LogP contribution in [0.25, 0.3) is 0 Å². The van der Waals surface area contributed by atoms with Crippen LogP contribution in [0.3, 0.4) is 0 Å². The first kappa shape index (κ1) is 8.23. The van der Waals surface area contributed by atoms with Gasteiger partial charge in [-0.25, -0.2) is 0 Å². The molecule has 0 bridgehead atoms. The molecule has 0 aromatic heterocycles. The molecule has 0 aromatic carbocycles. The van der Waals surface area contributed by atoms with Crippen LogP contribution in [0.15, 0.2) is 12.2 Å². The highest BCUT2D eigenvalue weighted by molar-refractivity contribution is 5.74. The summed E-state index contributed by atoms with van der Waals surface area (Å²) < 4.78 is 5.17. The zero-order valence-electron chi connectivity index (χ0n) is 6.23. The number of ether oxygens (including phenoxy) is 1. The molecule has 0 unspecified atom stereocenters. The standard InChI is InChI=1S/C7H11NO3/c1-4-2-3-5(11-4)6(8)7(9)10/h2-6H,8H2,1H3,(H,9,10)/t4-,5+,6+/m0/s1. The molecular formula is C7H11NO3. The van der Waals surface area contributed by atoms with Crippen LogP contribution in [0, 0.1) is 0 Å². The van der Waals surface area contributed by atoms with E-state index < -0.39 is 18.1 Å². The molecule has 0 amide bonds. The van der Waals surface area contributed by atoms with E-state index in [1.54, 1.807) is 12.2 Å². The maximum Gasteiger partial charge on any atom is 0.323 e. The average molecular weight is 157 g/mol. The highest BCUT2D eigenvalue weighted by atomic mass is 16.5. The van der Waals surface area contributed by atoms with Crippen molar-refractivity contribution in [2.24, 2.45) is 5.73 Å². The van der Waals surface area contributed by atoms with E-state index in [1.165, 1.54) is 0 Å². The van der Waals surface area contributed by atoms with E-state index in [4.69, 9.17) is 15.6 Å². The van der Waals surface area contributed by atoms with E-state index in [0.29, 0.717) is 0 Å². The van der Waals surface area contributed by atoms with Crippen molar-refractivity contribution in [3.63, 3.8) is 0 Å². The number of aliphatic carboxylic acids is 1. The van der Waals surface area contributed by atoms with Crippen LogP contribution < -0.4 is 5.73 Å². The third kappa shape index (κ3) is 1.78. The van der Waals surface area contributed by atoms with Gasteiger partial charge in [0.2, 0.25) is 0 Å². The largest absolute Gasteiger partial charge is 0.480 e. The third-order valence-corrected chi connectivity index (χ3v) is 1.58. The minimum absolute atomic E-state index is 0.0228. The summed E-state index contributed by atoms with van der Waals surface area (Å²) in [5.41, 5.74) is 5.31. The van der Waals surface area contributed by atoms with Crippen molar-refractivity contribution in [1.82, 2.24) is 0 Å². The first-order valence-electron chi connectivity index (χ1n) is 3.43. The summed E-state index contributed by atoms with van der Waals surface area (Å²) in [5.74, 6) is -1.03. The first-order valence-corrected chi connectivity index (χ1v) is 3.43. The quantitative estimate of drug-likeness (QED) is 0.542. The molecule has 1 heterocycles. The summed E-state index contributed by atoms with van der Waals surface area (Å²) in [6.07, 6.45) is 2.99. The van der Waals surface area contributed by atoms with Crippen molar-refractivity contribution < 1.29 is 14.6 Å². The van der Waals surface area contributed by atoms with Gasteiger partial charge in [-0.05, 0) is 6.92 Å². The van der Waals surface area contributed by atoms with Crippen molar-refractivity contribution in [1.29, 1.82) is 0 Å². The molecule has 0 spiro atoms. The summed E-state index contributed by atoms with van der Waals surface area (Å²) in [4.78, 5) is 10.4. The molecule has 1 aliphatic heterocycles. The normalized spacial score (nSPS) is 32.2. The van der Waals surface area contributed by atoms with Gasteiger partial charge in [0.05, 0.1) is 6.10 Å². The fourth-order valence-electron chi connectivity index (χ4n) is 0.949. The van der Waals surface area contributed by atoms with Crippen molar-refractivity contribution >= 4 is 5.97 Å². The molecular weight excluding hydrogens is 146 g/mol. The van der Waals surface area contributed by atoms with Gasteiger partial charge < -0.3 is 15.6 Å². The number of carbonyl (C=O) groups is 1. The lowest BCUT2D eigenvalue weighted by Crippen LogP contribution is -2.41. The van der Waals surface area contributed by atoms with Gasteiger partial charge in [0.1, 0.15) is 12.1 Å². The van der Waals surface area contributed by atoms with Crippen molar-refractivity contribution in [2.75, 3.05) is 0 Å². The monoisotopic (exact) mass is 157 g/mol. The van der Waals surface area contributed by atoms with Gasteiger partial charge in [0.15, 0.2) is 0 Å². The Kier molecular flexibility index (Phi) is 2.26. The molecule has 1 aliphatic rings. The Morgan fingerprint density at radius 3 is 2.73 bits per heavy atom. The Labute approximate surface area is 64.6 Å². The van der Waals surface area contributed by atoms with E-state index in [-0.39, 0.29) is 6.10 Å². The molecule has 0 aromatic rings. The van der Waals surface area contributed by atoms with Crippen LogP contribution in [0.2, 0.25) is 0 Å². The number of hydrogen-bond acceptors (Lipinski definition) is 3. The SMILES string of the molecule is C[C@H]1C=C[C@H]([C@@H](N)C(=O)O)O1. The first-order chi connectivity index (χ1) is 5.11. The van der Waals surface area contributed by atoms with Gasteiger partial charge >= 0.3 is 5.97 Å². The second-order valence-electron chi connectivity index (χ2n) is 2.55. The van der Waals surface area contributed by atoms with E-state index in [0.717, 1.165) is 0 Å². The molecule has 3 atom stereocenters. The van der Waals surface area contributed by atoms with E-state index in [2.05, 4.69) is 0 Å². The minimum Gasteiger partial charge on any atom is -0.480 e.